The minimum absolute atomic E-state index is 0.0138. The maximum atomic E-state index is 13.1. The fraction of sp³-hybridized carbons (Fsp3) is 0.400. The molecule has 2 aromatic heterocycles. The van der Waals surface area contributed by atoms with E-state index in [2.05, 4.69) is 31.4 Å². The van der Waals surface area contributed by atoms with Gasteiger partial charge in [-0.2, -0.15) is 0 Å². The van der Waals surface area contributed by atoms with Gasteiger partial charge in [0.05, 0.1) is 10.6 Å². The number of nitrogens with one attached hydrogen (secondary N) is 2. The number of halogens is 1. The summed E-state index contributed by atoms with van der Waals surface area (Å²) < 4.78 is 6.07. The number of anilines is 1. The Bertz CT molecular complexity index is 1150. The summed E-state index contributed by atoms with van der Waals surface area (Å²) in [6, 6.07) is 11.4. The lowest BCUT2D eigenvalue weighted by atomic mass is 9.69. The highest BCUT2D eigenvalue weighted by molar-refractivity contribution is 7.16. The van der Waals surface area contributed by atoms with Gasteiger partial charge in [0.25, 0.3) is 5.91 Å². The highest BCUT2D eigenvalue weighted by atomic mass is 35.5. The summed E-state index contributed by atoms with van der Waals surface area (Å²) in [5.74, 6) is 2.01. The average molecular weight is 455 g/mol. The van der Waals surface area contributed by atoms with Crippen molar-refractivity contribution in [3.8, 4) is 11.3 Å². The van der Waals surface area contributed by atoms with E-state index in [0.29, 0.717) is 27.9 Å². The average Bonchev–Trinajstić information content (AvgIpc) is 3.38. The third kappa shape index (κ3) is 3.58. The lowest BCUT2D eigenvalue weighted by molar-refractivity contribution is 0.0930. The van der Waals surface area contributed by atoms with Crippen LogP contribution in [-0.2, 0) is 12.8 Å². The maximum Gasteiger partial charge on any atom is 0.256 e. The Morgan fingerprint density at radius 1 is 1.19 bits per heavy atom. The van der Waals surface area contributed by atoms with Crippen LogP contribution in [0.3, 0.4) is 0 Å². The molecule has 4 nitrogen and oxygen atoms in total. The number of carbonyl (C=O) groups is 1. The number of carbonyl (C=O) groups excluding carboxylic acids is 1. The highest BCUT2D eigenvalue weighted by Crippen LogP contribution is 2.47. The molecule has 0 fully saturated rings. The van der Waals surface area contributed by atoms with Crippen LogP contribution in [0.5, 0.6) is 0 Å². The number of amides is 1. The summed E-state index contributed by atoms with van der Waals surface area (Å²) in [5, 5.41) is 8.20. The molecule has 2 aliphatic rings. The van der Waals surface area contributed by atoms with Crippen LogP contribution in [0.4, 0.5) is 5.00 Å². The summed E-state index contributed by atoms with van der Waals surface area (Å²) in [5.41, 5.74) is 3.24. The molecule has 0 saturated heterocycles. The van der Waals surface area contributed by atoms with Crippen molar-refractivity contribution >= 4 is 33.8 Å². The van der Waals surface area contributed by atoms with Gasteiger partial charge in [-0.25, -0.2) is 0 Å². The second-order valence-corrected chi connectivity index (χ2v) is 10.7. The van der Waals surface area contributed by atoms with Gasteiger partial charge in [0.1, 0.15) is 16.5 Å². The SMILES string of the molecule is CCC(C)(C)[C@H]1CCc2c(sc3c2C(=O)N[C@@H](c2ccc(-c4ccccc4Cl)o2)N3)C1. The zero-order chi connectivity index (χ0) is 21.8. The van der Waals surface area contributed by atoms with E-state index in [0.717, 1.165) is 35.4 Å². The Kier molecular flexibility index (Phi) is 5.14. The number of rotatable bonds is 4. The number of benzene rings is 1. The Morgan fingerprint density at radius 2 is 2.00 bits per heavy atom. The number of hydrogen-bond donors (Lipinski definition) is 2. The molecule has 0 saturated carbocycles. The highest BCUT2D eigenvalue weighted by Gasteiger charge is 2.37. The lowest BCUT2D eigenvalue weighted by Crippen LogP contribution is -2.38. The molecule has 31 heavy (non-hydrogen) atoms. The fourth-order valence-corrected chi connectivity index (χ4v) is 6.29. The molecule has 2 N–H and O–H groups in total. The summed E-state index contributed by atoms with van der Waals surface area (Å²) >= 11 is 8.05. The molecule has 3 heterocycles. The van der Waals surface area contributed by atoms with E-state index in [-0.39, 0.29) is 12.1 Å². The van der Waals surface area contributed by atoms with Crippen molar-refractivity contribution in [1.29, 1.82) is 0 Å². The van der Waals surface area contributed by atoms with Crippen LogP contribution < -0.4 is 10.6 Å². The third-order valence-corrected chi connectivity index (χ3v) is 8.63. The van der Waals surface area contributed by atoms with Crippen molar-refractivity contribution in [3.63, 3.8) is 0 Å². The van der Waals surface area contributed by atoms with Crippen molar-refractivity contribution < 1.29 is 9.21 Å². The standard InChI is InChI=1S/C25H27ClN2O2S/c1-4-25(2,3)14-9-10-16-20(13-14)31-24-21(16)23(29)27-22(28-24)19-12-11-18(30-19)15-7-5-6-8-17(15)26/h5-8,11-12,14,22,28H,4,9-10,13H2,1-3H3,(H,27,29)/t14-,22+/m0/s1. The molecular weight excluding hydrogens is 428 g/mol. The molecule has 2 atom stereocenters. The molecule has 3 aromatic rings. The largest absolute Gasteiger partial charge is 0.457 e. The van der Waals surface area contributed by atoms with Gasteiger partial charge < -0.3 is 15.1 Å². The van der Waals surface area contributed by atoms with Gasteiger partial charge in [-0.05, 0) is 60.4 Å². The monoisotopic (exact) mass is 454 g/mol. The van der Waals surface area contributed by atoms with Gasteiger partial charge in [0, 0.05) is 10.4 Å². The van der Waals surface area contributed by atoms with Crippen molar-refractivity contribution in [2.24, 2.45) is 11.3 Å². The summed E-state index contributed by atoms with van der Waals surface area (Å²) in [4.78, 5) is 14.4. The summed E-state index contributed by atoms with van der Waals surface area (Å²) in [7, 11) is 0. The van der Waals surface area contributed by atoms with Crippen LogP contribution in [0, 0.1) is 11.3 Å². The van der Waals surface area contributed by atoms with Crippen LogP contribution in [-0.4, -0.2) is 5.91 Å². The molecular formula is C25H27ClN2O2S. The van der Waals surface area contributed by atoms with E-state index in [1.165, 1.54) is 16.9 Å². The second kappa shape index (κ2) is 7.72. The fourth-order valence-electron chi connectivity index (χ4n) is 4.71. The summed E-state index contributed by atoms with van der Waals surface area (Å²) in [6.07, 6.45) is 3.97. The molecule has 0 unspecified atom stereocenters. The van der Waals surface area contributed by atoms with E-state index in [1.54, 1.807) is 11.3 Å². The van der Waals surface area contributed by atoms with E-state index >= 15 is 0 Å². The van der Waals surface area contributed by atoms with Crippen molar-refractivity contribution in [2.75, 3.05) is 5.32 Å². The molecule has 6 heteroatoms. The zero-order valence-corrected chi connectivity index (χ0v) is 19.6. The number of furan rings is 1. The van der Waals surface area contributed by atoms with Crippen molar-refractivity contribution in [2.45, 2.75) is 52.6 Å². The number of fused-ring (bicyclic) bond motifs is 3. The third-order valence-electron chi connectivity index (χ3n) is 7.11. The van der Waals surface area contributed by atoms with Gasteiger partial charge in [-0.15, -0.1) is 11.3 Å². The Morgan fingerprint density at radius 3 is 2.77 bits per heavy atom. The van der Waals surface area contributed by atoms with E-state index < -0.39 is 0 Å². The molecule has 1 amide bonds. The first-order chi connectivity index (χ1) is 14.9. The van der Waals surface area contributed by atoms with Crippen LogP contribution in [0.1, 0.15) is 66.3 Å². The first kappa shape index (κ1) is 20.7. The van der Waals surface area contributed by atoms with Gasteiger partial charge in [0.2, 0.25) is 0 Å². The van der Waals surface area contributed by atoms with Crippen molar-refractivity contribution in [3.05, 3.63) is 63.2 Å². The molecule has 1 aliphatic carbocycles. The van der Waals surface area contributed by atoms with Crippen LogP contribution in [0.2, 0.25) is 5.02 Å². The molecule has 1 aromatic carbocycles. The topological polar surface area (TPSA) is 54.3 Å². The molecule has 1 aliphatic heterocycles. The van der Waals surface area contributed by atoms with Crippen LogP contribution >= 0.6 is 22.9 Å². The minimum atomic E-state index is -0.390. The van der Waals surface area contributed by atoms with Gasteiger partial charge in [0.15, 0.2) is 6.17 Å². The normalized spacial score (nSPS) is 20.6. The van der Waals surface area contributed by atoms with Gasteiger partial charge in [-0.3, -0.25) is 4.79 Å². The van der Waals surface area contributed by atoms with Gasteiger partial charge >= 0.3 is 0 Å². The first-order valence-corrected chi connectivity index (χ1v) is 12.1. The van der Waals surface area contributed by atoms with E-state index in [9.17, 15) is 4.79 Å². The van der Waals surface area contributed by atoms with E-state index in [1.807, 2.05) is 36.4 Å². The Balaban J connectivity index is 1.41. The predicted molar refractivity (Wildman–Crippen MR) is 127 cm³/mol. The Hall–Kier alpha value is -2.24. The number of hydrogen-bond acceptors (Lipinski definition) is 4. The lowest BCUT2D eigenvalue weighted by Gasteiger charge is -2.36. The van der Waals surface area contributed by atoms with Crippen LogP contribution in [0.25, 0.3) is 11.3 Å². The van der Waals surface area contributed by atoms with Crippen LogP contribution in [0.15, 0.2) is 40.8 Å². The molecule has 0 radical (unpaired) electrons. The smallest absolute Gasteiger partial charge is 0.256 e. The summed E-state index contributed by atoms with van der Waals surface area (Å²) in [6.45, 7) is 7.00. The quantitative estimate of drug-likeness (QED) is 0.443. The second-order valence-electron chi connectivity index (χ2n) is 9.22. The van der Waals surface area contributed by atoms with E-state index in [4.69, 9.17) is 16.0 Å². The molecule has 5 rings (SSSR count). The molecule has 0 spiro atoms. The minimum Gasteiger partial charge on any atom is -0.457 e. The molecule has 0 bridgehead atoms. The van der Waals surface area contributed by atoms with Gasteiger partial charge in [-0.1, -0.05) is 50.9 Å². The maximum absolute atomic E-state index is 13.1. The first-order valence-electron chi connectivity index (χ1n) is 10.9. The molecule has 162 valence electrons. The van der Waals surface area contributed by atoms with Crippen molar-refractivity contribution in [1.82, 2.24) is 5.32 Å². The predicted octanol–water partition coefficient (Wildman–Crippen LogP) is 7.06. The number of thiophene rings is 1. The zero-order valence-electron chi connectivity index (χ0n) is 18.0. The Labute approximate surface area is 192 Å².